The number of amides is 1. The number of rotatable bonds is 5. The highest BCUT2D eigenvalue weighted by Crippen LogP contribution is 2.17. The van der Waals surface area contributed by atoms with Crippen LogP contribution < -0.4 is 16.0 Å². The average Bonchev–Trinajstić information content (AvgIpc) is 3.05. The molecule has 3 N–H and O–H groups in total. The van der Waals surface area contributed by atoms with E-state index in [1.165, 1.54) is 22.2 Å². The fourth-order valence-corrected chi connectivity index (χ4v) is 2.33. The van der Waals surface area contributed by atoms with Gasteiger partial charge in [-0.25, -0.2) is 9.67 Å². The molecule has 9 heteroatoms. The monoisotopic (exact) mass is 305 g/mol. The molecule has 0 saturated heterocycles. The number of nitrogens with zero attached hydrogens (tertiary/aromatic N) is 5. The van der Waals surface area contributed by atoms with E-state index in [0.717, 1.165) is 10.8 Å². The van der Waals surface area contributed by atoms with Gasteiger partial charge in [0.2, 0.25) is 5.91 Å². The first kappa shape index (κ1) is 14.8. The zero-order valence-electron chi connectivity index (χ0n) is 11.7. The number of hydrogen-bond acceptors (Lipinski definition) is 7. The van der Waals surface area contributed by atoms with Crippen molar-refractivity contribution in [3.05, 3.63) is 22.8 Å². The van der Waals surface area contributed by atoms with Crippen LogP contribution in [0.3, 0.4) is 0 Å². The first-order valence-corrected chi connectivity index (χ1v) is 6.99. The Kier molecular flexibility index (Phi) is 4.39. The Balaban J connectivity index is 1.90. The maximum absolute atomic E-state index is 11.8. The number of anilines is 2. The first-order chi connectivity index (χ1) is 10.0. The largest absolute Gasteiger partial charge is 0.383 e. The van der Waals surface area contributed by atoms with Crippen molar-refractivity contribution in [1.82, 2.24) is 20.1 Å². The fourth-order valence-electron chi connectivity index (χ4n) is 1.57. The summed E-state index contributed by atoms with van der Waals surface area (Å²) in [6, 6.07) is 1.91. The highest BCUT2D eigenvalue weighted by atomic mass is 32.1. The second-order valence-electron chi connectivity index (χ2n) is 4.51. The molecule has 0 aliphatic rings. The quantitative estimate of drug-likeness (QED) is 0.814. The summed E-state index contributed by atoms with van der Waals surface area (Å²) in [5, 5.41) is 18.2. The molecule has 0 aliphatic heterocycles. The topological polar surface area (TPSA) is 113 Å². The number of nitrogen functional groups attached to an aromatic ring is 1. The molecule has 21 heavy (non-hydrogen) atoms. The molecule has 2 aromatic heterocycles. The Hall–Kier alpha value is -2.60. The first-order valence-electron chi connectivity index (χ1n) is 6.11. The molecule has 0 bridgehead atoms. The van der Waals surface area contributed by atoms with E-state index in [9.17, 15) is 4.79 Å². The maximum atomic E-state index is 11.8. The van der Waals surface area contributed by atoms with Crippen molar-refractivity contribution < 1.29 is 4.79 Å². The Morgan fingerprint density at radius 2 is 2.38 bits per heavy atom. The van der Waals surface area contributed by atoms with E-state index in [4.69, 9.17) is 11.0 Å². The number of nitrogens with two attached hydrogens (primary N) is 1. The number of nitrogens with one attached hydrogen (secondary N) is 1. The number of hydrogen-bond donors (Lipinski definition) is 2. The minimum Gasteiger partial charge on any atom is -0.383 e. The van der Waals surface area contributed by atoms with Gasteiger partial charge in [0, 0.05) is 19.5 Å². The summed E-state index contributed by atoms with van der Waals surface area (Å²) in [4.78, 5) is 18.1. The van der Waals surface area contributed by atoms with Crippen molar-refractivity contribution in [2.75, 3.05) is 24.7 Å². The lowest BCUT2D eigenvalue weighted by molar-refractivity contribution is -0.122. The molecule has 8 nitrogen and oxygen atoms in total. The number of carbonyl (C=O) groups excluding carboxylic acids is 1. The predicted octanol–water partition coefficient (Wildman–Crippen LogP) is 0.176. The van der Waals surface area contributed by atoms with Crippen molar-refractivity contribution >= 4 is 28.2 Å². The van der Waals surface area contributed by atoms with E-state index in [1.807, 2.05) is 30.4 Å². The van der Waals surface area contributed by atoms with Crippen LogP contribution in [0.2, 0.25) is 0 Å². The Morgan fingerprint density at radius 1 is 1.62 bits per heavy atom. The molecule has 2 rings (SSSR count). The molecule has 2 aromatic rings. The Bertz CT molecular complexity index is 682. The molecule has 0 radical (unpaired) electrons. The molecule has 0 saturated carbocycles. The predicted molar refractivity (Wildman–Crippen MR) is 79.6 cm³/mol. The van der Waals surface area contributed by atoms with Crippen molar-refractivity contribution in [2.24, 2.45) is 0 Å². The van der Waals surface area contributed by atoms with Crippen LogP contribution >= 0.6 is 11.3 Å². The van der Waals surface area contributed by atoms with Crippen molar-refractivity contribution in [2.45, 2.75) is 13.1 Å². The average molecular weight is 305 g/mol. The molecule has 2 heterocycles. The molecule has 0 spiro atoms. The van der Waals surface area contributed by atoms with Crippen LogP contribution in [0.5, 0.6) is 0 Å². The van der Waals surface area contributed by atoms with E-state index >= 15 is 0 Å². The van der Waals surface area contributed by atoms with Gasteiger partial charge < -0.3 is 16.0 Å². The van der Waals surface area contributed by atoms with Gasteiger partial charge >= 0.3 is 0 Å². The number of thiazole rings is 1. The second-order valence-corrected chi connectivity index (χ2v) is 5.34. The number of carbonyl (C=O) groups is 1. The van der Waals surface area contributed by atoms with Crippen LogP contribution in [0, 0.1) is 11.3 Å². The number of nitriles is 1. The molecular weight excluding hydrogens is 290 g/mol. The summed E-state index contributed by atoms with van der Waals surface area (Å²) in [6.07, 6.45) is 1.34. The lowest BCUT2D eigenvalue weighted by atomic mass is 10.4. The summed E-state index contributed by atoms with van der Waals surface area (Å²) in [5.41, 5.74) is 6.74. The third kappa shape index (κ3) is 3.49. The molecule has 1 amide bonds. The normalized spacial score (nSPS) is 10.1. The lowest BCUT2D eigenvalue weighted by Crippen LogP contribution is -2.28. The van der Waals surface area contributed by atoms with Gasteiger partial charge in [-0.2, -0.15) is 10.4 Å². The SMILES string of the molecule is CN(C)c1nc(CNC(=O)Cn2ncc(C#N)c2N)cs1. The number of aromatic nitrogens is 3. The van der Waals surface area contributed by atoms with Crippen LogP contribution in [0.15, 0.2) is 11.6 Å². The minimum atomic E-state index is -0.242. The van der Waals surface area contributed by atoms with Gasteiger partial charge in [-0.15, -0.1) is 11.3 Å². The van der Waals surface area contributed by atoms with E-state index in [1.54, 1.807) is 0 Å². The molecule has 110 valence electrons. The third-order valence-electron chi connectivity index (χ3n) is 2.68. The summed E-state index contributed by atoms with van der Waals surface area (Å²) in [5.74, 6) is -0.0510. The van der Waals surface area contributed by atoms with Crippen LogP contribution in [0.1, 0.15) is 11.3 Å². The van der Waals surface area contributed by atoms with Crippen LogP contribution in [-0.4, -0.2) is 34.8 Å². The van der Waals surface area contributed by atoms with Gasteiger partial charge in [0.15, 0.2) is 5.13 Å². The maximum Gasteiger partial charge on any atom is 0.242 e. The van der Waals surface area contributed by atoms with Crippen LogP contribution in [0.25, 0.3) is 0 Å². The van der Waals surface area contributed by atoms with E-state index < -0.39 is 0 Å². The van der Waals surface area contributed by atoms with Gasteiger partial charge in [0.1, 0.15) is 24.0 Å². The fraction of sp³-hybridized carbons (Fsp3) is 0.333. The zero-order valence-corrected chi connectivity index (χ0v) is 12.5. The van der Waals surface area contributed by atoms with Crippen molar-refractivity contribution in [1.29, 1.82) is 5.26 Å². The Labute approximate surface area is 125 Å². The highest BCUT2D eigenvalue weighted by Gasteiger charge is 2.11. The molecule has 0 aromatic carbocycles. The van der Waals surface area contributed by atoms with Crippen LogP contribution in [-0.2, 0) is 17.9 Å². The van der Waals surface area contributed by atoms with Gasteiger partial charge in [-0.1, -0.05) is 0 Å². The van der Waals surface area contributed by atoms with Crippen molar-refractivity contribution in [3.63, 3.8) is 0 Å². The van der Waals surface area contributed by atoms with Gasteiger partial charge in [0.25, 0.3) is 0 Å². The van der Waals surface area contributed by atoms with E-state index in [-0.39, 0.29) is 23.8 Å². The summed E-state index contributed by atoms with van der Waals surface area (Å²) < 4.78 is 1.29. The summed E-state index contributed by atoms with van der Waals surface area (Å²) >= 11 is 1.51. The molecule has 0 unspecified atom stereocenters. The van der Waals surface area contributed by atoms with E-state index in [2.05, 4.69) is 15.4 Å². The van der Waals surface area contributed by atoms with Gasteiger partial charge in [0.05, 0.1) is 18.4 Å². The summed E-state index contributed by atoms with van der Waals surface area (Å²) in [6.45, 7) is 0.313. The van der Waals surface area contributed by atoms with Gasteiger partial charge in [-0.05, 0) is 0 Å². The zero-order chi connectivity index (χ0) is 15.4. The van der Waals surface area contributed by atoms with E-state index in [0.29, 0.717) is 6.54 Å². The van der Waals surface area contributed by atoms with Crippen molar-refractivity contribution in [3.8, 4) is 6.07 Å². The van der Waals surface area contributed by atoms with Gasteiger partial charge in [-0.3, -0.25) is 4.79 Å². The molecule has 0 fully saturated rings. The standard InChI is InChI=1S/C12H15N7OS/c1-18(2)12-17-9(7-21-12)5-15-10(20)6-19-11(14)8(3-13)4-16-19/h4,7H,5-6,14H2,1-2H3,(H,15,20). The minimum absolute atomic E-state index is 0.0296. The smallest absolute Gasteiger partial charge is 0.242 e. The summed E-state index contributed by atoms with van der Waals surface area (Å²) in [7, 11) is 3.82. The Morgan fingerprint density at radius 3 is 2.95 bits per heavy atom. The third-order valence-corrected chi connectivity index (χ3v) is 3.74. The molecule has 0 aliphatic carbocycles. The second kappa shape index (κ2) is 6.23. The van der Waals surface area contributed by atoms with Crippen LogP contribution in [0.4, 0.5) is 10.9 Å². The molecular formula is C12H15N7OS. The molecule has 0 atom stereocenters. The highest BCUT2D eigenvalue weighted by molar-refractivity contribution is 7.13. The lowest BCUT2D eigenvalue weighted by Gasteiger charge is -2.06.